The van der Waals surface area contributed by atoms with Crippen LogP contribution in [0, 0.1) is 0 Å². The highest BCUT2D eigenvalue weighted by atomic mass is 16.5. The molecule has 0 atom stereocenters. The van der Waals surface area contributed by atoms with Crippen molar-refractivity contribution < 1.29 is 9.84 Å². The fourth-order valence-corrected chi connectivity index (χ4v) is 2.46. The van der Waals surface area contributed by atoms with E-state index in [4.69, 9.17) is 4.74 Å². The highest BCUT2D eigenvalue weighted by molar-refractivity contribution is 5.62. The Morgan fingerprint density at radius 3 is 2.45 bits per heavy atom. The second-order valence-electron chi connectivity index (χ2n) is 5.87. The summed E-state index contributed by atoms with van der Waals surface area (Å²) < 4.78 is 7.43. The zero-order valence-corrected chi connectivity index (χ0v) is 13.5. The van der Waals surface area contributed by atoms with Gasteiger partial charge >= 0.3 is 0 Å². The highest BCUT2D eigenvalue weighted by Gasteiger charge is 2.13. The highest BCUT2D eigenvalue weighted by Crippen LogP contribution is 2.25. The number of aliphatic hydroxyl groups is 1. The molecule has 22 heavy (non-hydrogen) atoms. The first-order chi connectivity index (χ1) is 10.4. The average molecular weight is 301 g/mol. The Bertz CT molecular complexity index is 702. The van der Waals surface area contributed by atoms with E-state index in [0.29, 0.717) is 5.56 Å². The molecule has 1 aromatic carbocycles. The first-order valence-electron chi connectivity index (χ1n) is 7.56. The van der Waals surface area contributed by atoms with Crippen LogP contribution in [-0.4, -0.2) is 15.8 Å². The van der Waals surface area contributed by atoms with E-state index in [-0.39, 0.29) is 24.3 Å². The molecule has 0 aliphatic carbocycles. The van der Waals surface area contributed by atoms with Crippen molar-refractivity contribution in [3.63, 3.8) is 0 Å². The van der Waals surface area contributed by atoms with E-state index in [1.807, 2.05) is 58.0 Å². The molecular formula is C18H23NO3. The molecule has 0 radical (unpaired) electrons. The molecule has 0 amide bonds. The van der Waals surface area contributed by atoms with Gasteiger partial charge in [0.1, 0.15) is 5.75 Å². The molecule has 0 aliphatic heterocycles. The molecule has 0 unspecified atom stereocenters. The van der Waals surface area contributed by atoms with Crippen molar-refractivity contribution in [2.24, 2.45) is 0 Å². The van der Waals surface area contributed by atoms with Crippen molar-refractivity contribution >= 4 is 0 Å². The van der Waals surface area contributed by atoms with Gasteiger partial charge in [0.2, 0.25) is 0 Å². The zero-order chi connectivity index (χ0) is 16.3. The summed E-state index contributed by atoms with van der Waals surface area (Å²) >= 11 is 0. The van der Waals surface area contributed by atoms with Crippen molar-refractivity contribution in [3.8, 4) is 17.0 Å². The summed E-state index contributed by atoms with van der Waals surface area (Å²) in [5.74, 6) is 0.779. The van der Waals surface area contributed by atoms with Crippen LogP contribution < -0.4 is 10.3 Å². The summed E-state index contributed by atoms with van der Waals surface area (Å²) in [6.45, 7) is 7.63. The molecule has 118 valence electrons. The van der Waals surface area contributed by atoms with E-state index < -0.39 is 0 Å². The lowest BCUT2D eigenvalue weighted by Crippen LogP contribution is -2.26. The number of benzene rings is 1. The third-order valence-corrected chi connectivity index (χ3v) is 3.38. The Hall–Kier alpha value is -2.07. The van der Waals surface area contributed by atoms with E-state index in [0.717, 1.165) is 17.0 Å². The fraction of sp³-hybridized carbons (Fsp3) is 0.389. The van der Waals surface area contributed by atoms with Crippen LogP contribution in [0.1, 0.15) is 39.3 Å². The fourth-order valence-electron chi connectivity index (χ4n) is 2.46. The molecule has 1 N–H and O–H groups in total. The van der Waals surface area contributed by atoms with E-state index >= 15 is 0 Å². The standard InChI is InChI=1S/C18H23NO3/c1-12(2)19-17(9-8-15(11-20)18(19)21)14-6-5-7-16(10-14)22-13(3)4/h5-10,12-13,20H,11H2,1-4H3. The lowest BCUT2D eigenvalue weighted by atomic mass is 10.1. The van der Waals surface area contributed by atoms with Crippen LogP contribution >= 0.6 is 0 Å². The van der Waals surface area contributed by atoms with Crippen LogP contribution in [0.25, 0.3) is 11.3 Å². The quantitative estimate of drug-likeness (QED) is 0.921. The molecule has 0 spiro atoms. The summed E-state index contributed by atoms with van der Waals surface area (Å²) in [6.07, 6.45) is 0.0966. The molecule has 4 nitrogen and oxygen atoms in total. The Morgan fingerprint density at radius 2 is 1.86 bits per heavy atom. The van der Waals surface area contributed by atoms with Crippen molar-refractivity contribution in [1.82, 2.24) is 4.57 Å². The van der Waals surface area contributed by atoms with E-state index in [2.05, 4.69) is 0 Å². The third kappa shape index (κ3) is 3.39. The maximum Gasteiger partial charge on any atom is 0.256 e. The minimum absolute atomic E-state index is 0.00340. The number of hydrogen-bond acceptors (Lipinski definition) is 3. The molecule has 2 aromatic rings. The summed E-state index contributed by atoms with van der Waals surface area (Å²) in [6, 6.07) is 11.3. The van der Waals surface area contributed by atoms with Crippen LogP contribution in [0.2, 0.25) is 0 Å². The Morgan fingerprint density at radius 1 is 1.14 bits per heavy atom. The second-order valence-corrected chi connectivity index (χ2v) is 5.87. The number of rotatable bonds is 5. The molecule has 0 saturated carbocycles. The zero-order valence-electron chi connectivity index (χ0n) is 13.5. The number of pyridine rings is 1. The molecular weight excluding hydrogens is 278 g/mol. The van der Waals surface area contributed by atoms with Gasteiger partial charge in [-0.2, -0.15) is 0 Å². The average Bonchev–Trinajstić information content (AvgIpc) is 2.46. The predicted molar refractivity (Wildman–Crippen MR) is 88.2 cm³/mol. The van der Waals surface area contributed by atoms with Crippen molar-refractivity contribution in [2.45, 2.75) is 46.4 Å². The second kappa shape index (κ2) is 6.79. The minimum atomic E-state index is -0.248. The van der Waals surface area contributed by atoms with Gasteiger partial charge in [0.05, 0.1) is 18.4 Å². The third-order valence-electron chi connectivity index (χ3n) is 3.38. The number of aromatic nitrogens is 1. The van der Waals surface area contributed by atoms with Crippen molar-refractivity contribution in [3.05, 3.63) is 52.3 Å². The lowest BCUT2D eigenvalue weighted by Gasteiger charge is -2.18. The lowest BCUT2D eigenvalue weighted by molar-refractivity contribution is 0.242. The van der Waals surface area contributed by atoms with Gasteiger partial charge in [-0.25, -0.2) is 0 Å². The van der Waals surface area contributed by atoms with Gasteiger partial charge in [0.15, 0.2) is 0 Å². The van der Waals surface area contributed by atoms with Crippen molar-refractivity contribution in [1.29, 1.82) is 0 Å². The van der Waals surface area contributed by atoms with Crippen molar-refractivity contribution in [2.75, 3.05) is 0 Å². The minimum Gasteiger partial charge on any atom is -0.491 e. The van der Waals surface area contributed by atoms with Gasteiger partial charge in [0, 0.05) is 17.2 Å². The Labute approximate surface area is 131 Å². The summed E-state index contributed by atoms with van der Waals surface area (Å²) in [5, 5.41) is 9.30. The van der Waals surface area contributed by atoms with Gasteiger partial charge < -0.3 is 14.4 Å². The molecule has 0 saturated heterocycles. The molecule has 4 heteroatoms. The number of aliphatic hydroxyl groups excluding tert-OH is 1. The largest absolute Gasteiger partial charge is 0.491 e. The smallest absolute Gasteiger partial charge is 0.256 e. The van der Waals surface area contributed by atoms with Crippen LogP contribution in [0.15, 0.2) is 41.2 Å². The summed E-state index contributed by atoms with van der Waals surface area (Å²) in [5.41, 5.74) is 2.01. The van der Waals surface area contributed by atoms with E-state index in [1.54, 1.807) is 10.6 Å². The molecule has 0 aliphatic rings. The maximum absolute atomic E-state index is 12.5. The predicted octanol–water partition coefficient (Wildman–Crippen LogP) is 3.38. The van der Waals surface area contributed by atoms with E-state index in [9.17, 15) is 9.90 Å². The first-order valence-corrected chi connectivity index (χ1v) is 7.56. The van der Waals surface area contributed by atoms with Crippen LogP contribution in [0.5, 0.6) is 5.75 Å². The van der Waals surface area contributed by atoms with Crippen LogP contribution in [0.4, 0.5) is 0 Å². The maximum atomic E-state index is 12.5. The monoisotopic (exact) mass is 301 g/mol. The molecule has 0 fully saturated rings. The SMILES string of the molecule is CC(C)Oc1cccc(-c2ccc(CO)c(=O)n2C(C)C)c1. The molecule has 2 rings (SSSR count). The van der Waals surface area contributed by atoms with Gasteiger partial charge in [-0.05, 0) is 52.0 Å². The van der Waals surface area contributed by atoms with Crippen LogP contribution in [0.3, 0.4) is 0 Å². The Kier molecular flexibility index (Phi) is 5.03. The summed E-state index contributed by atoms with van der Waals surface area (Å²) in [7, 11) is 0. The number of ether oxygens (including phenoxy) is 1. The normalized spacial score (nSPS) is 11.2. The van der Waals surface area contributed by atoms with Gasteiger partial charge in [-0.15, -0.1) is 0 Å². The first kappa shape index (κ1) is 16.3. The summed E-state index contributed by atoms with van der Waals surface area (Å²) in [4.78, 5) is 12.5. The Balaban J connectivity index is 2.57. The molecule has 0 bridgehead atoms. The van der Waals surface area contributed by atoms with Gasteiger partial charge in [-0.1, -0.05) is 12.1 Å². The van der Waals surface area contributed by atoms with E-state index in [1.165, 1.54) is 0 Å². The topological polar surface area (TPSA) is 51.5 Å². The number of hydrogen-bond donors (Lipinski definition) is 1. The molecule has 1 aromatic heterocycles. The van der Waals surface area contributed by atoms with Gasteiger partial charge in [-0.3, -0.25) is 4.79 Å². The van der Waals surface area contributed by atoms with Crippen LogP contribution in [-0.2, 0) is 6.61 Å². The molecule has 1 heterocycles. The van der Waals surface area contributed by atoms with Gasteiger partial charge in [0.25, 0.3) is 5.56 Å². The number of nitrogens with zero attached hydrogens (tertiary/aromatic N) is 1.